The predicted molar refractivity (Wildman–Crippen MR) is 69.2 cm³/mol. The van der Waals surface area contributed by atoms with Gasteiger partial charge in [-0.2, -0.15) is 5.26 Å². The van der Waals surface area contributed by atoms with Crippen molar-refractivity contribution in [2.75, 3.05) is 0 Å². The van der Waals surface area contributed by atoms with Crippen LogP contribution >= 0.6 is 0 Å². The molecule has 0 aliphatic heterocycles. The van der Waals surface area contributed by atoms with E-state index in [1.54, 1.807) is 12.1 Å². The van der Waals surface area contributed by atoms with Crippen molar-refractivity contribution in [3.8, 4) is 17.6 Å². The number of hydrogen-bond donors (Lipinski definition) is 1. The highest BCUT2D eigenvalue weighted by Crippen LogP contribution is 2.28. The number of benzene rings is 2. The molecule has 0 radical (unpaired) electrons. The summed E-state index contributed by atoms with van der Waals surface area (Å²) in [4.78, 5) is 10.7. The van der Waals surface area contributed by atoms with Crippen molar-refractivity contribution >= 4 is 5.97 Å². The molecule has 0 heterocycles. The number of rotatable bonds is 4. The number of carbonyl (C=O) groups is 1. The molecule has 0 unspecified atom stereocenters. The molecule has 4 nitrogen and oxygen atoms in total. The zero-order chi connectivity index (χ0) is 15.4. The summed E-state index contributed by atoms with van der Waals surface area (Å²) >= 11 is 0. The Morgan fingerprint density at radius 2 is 1.76 bits per heavy atom. The first-order valence-corrected chi connectivity index (χ1v) is 5.87. The highest BCUT2D eigenvalue weighted by molar-refractivity contribution is 5.87. The van der Waals surface area contributed by atoms with E-state index in [0.717, 1.165) is 5.56 Å². The van der Waals surface area contributed by atoms with E-state index in [2.05, 4.69) is 0 Å². The van der Waals surface area contributed by atoms with Gasteiger partial charge < -0.3 is 9.84 Å². The Kier molecular flexibility index (Phi) is 4.14. The molecule has 0 aromatic heterocycles. The number of carboxylic acid groups (broad SMARTS) is 1. The van der Waals surface area contributed by atoms with Crippen molar-refractivity contribution < 1.29 is 23.4 Å². The van der Waals surface area contributed by atoms with E-state index in [1.807, 2.05) is 6.07 Å². The Labute approximate surface area is 118 Å². The molecule has 106 valence electrons. The fourth-order valence-corrected chi connectivity index (χ4v) is 1.67. The lowest BCUT2D eigenvalue weighted by atomic mass is 10.1. The summed E-state index contributed by atoms with van der Waals surface area (Å²) in [5.74, 6) is -4.13. The number of nitrogens with zero attached hydrogens (tertiary/aromatic N) is 1. The zero-order valence-electron chi connectivity index (χ0n) is 10.6. The van der Waals surface area contributed by atoms with Crippen LogP contribution in [0.5, 0.6) is 11.5 Å². The maximum atomic E-state index is 13.7. The lowest BCUT2D eigenvalue weighted by Crippen LogP contribution is -2.01. The second-order valence-corrected chi connectivity index (χ2v) is 4.16. The van der Waals surface area contributed by atoms with Crippen molar-refractivity contribution in [1.29, 1.82) is 5.26 Å². The zero-order valence-corrected chi connectivity index (χ0v) is 10.6. The molecule has 2 rings (SSSR count). The van der Waals surface area contributed by atoms with Gasteiger partial charge in [-0.3, -0.25) is 0 Å². The van der Waals surface area contributed by atoms with Gasteiger partial charge in [0.1, 0.15) is 5.75 Å². The molecule has 6 heteroatoms. The minimum absolute atomic E-state index is 0.178. The first-order chi connectivity index (χ1) is 10.0. The highest BCUT2D eigenvalue weighted by Gasteiger charge is 2.16. The standard InChI is InChI=1S/C15H9F2NO3/c16-12-7-10(15(19)20)8-13(17)14(12)21-11-3-1-9(2-4-11)5-6-18/h1-4,7-8H,5H2,(H,19,20). The average molecular weight is 289 g/mol. The first kappa shape index (κ1) is 14.5. The van der Waals surface area contributed by atoms with Crippen LogP contribution in [0.15, 0.2) is 36.4 Å². The summed E-state index contributed by atoms with van der Waals surface area (Å²) in [6, 6.07) is 9.47. The van der Waals surface area contributed by atoms with Crippen LogP contribution in [0.1, 0.15) is 15.9 Å². The molecule has 0 bridgehead atoms. The maximum absolute atomic E-state index is 13.7. The predicted octanol–water partition coefficient (Wildman–Crippen LogP) is 3.52. The number of aromatic carboxylic acids is 1. The van der Waals surface area contributed by atoms with Crippen molar-refractivity contribution in [3.63, 3.8) is 0 Å². The van der Waals surface area contributed by atoms with Crippen LogP contribution in [0.4, 0.5) is 8.78 Å². The van der Waals surface area contributed by atoms with Crippen LogP contribution in [0, 0.1) is 23.0 Å². The van der Waals surface area contributed by atoms with E-state index in [9.17, 15) is 13.6 Å². The number of carboxylic acids is 1. The van der Waals surface area contributed by atoms with Gasteiger partial charge in [0, 0.05) is 0 Å². The quantitative estimate of drug-likeness (QED) is 0.934. The smallest absolute Gasteiger partial charge is 0.335 e. The Morgan fingerprint density at radius 3 is 2.24 bits per heavy atom. The molecule has 0 aliphatic carbocycles. The third kappa shape index (κ3) is 3.34. The largest absolute Gasteiger partial charge is 0.478 e. The third-order valence-electron chi connectivity index (χ3n) is 2.67. The Bertz CT molecular complexity index is 698. The number of nitriles is 1. The van der Waals surface area contributed by atoms with Gasteiger partial charge in [-0.05, 0) is 29.8 Å². The van der Waals surface area contributed by atoms with Gasteiger partial charge in [0.2, 0.25) is 0 Å². The second kappa shape index (κ2) is 6.01. The van der Waals surface area contributed by atoms with Crippen LogP contribution in [0.25, 0.3) is 0 Å². The fraction of sp³-hybridized carbons (Fsp3) is 0.0667. The maximum Gasteiger partial charge on any atom is 0.335 e. The molecule has 2 aromatic rings. The summed E-state index contributed by atoms with van der Waals surface area (Å²) < 4.78 is 32.5. The molecule has 0 aliphatic rings. The van der Waals surface area contributed by atoms with Gasteiger partial charge in [0.05, 0.1) is 18.1 Å². The van der Waals surface area contributed by atoms with E-state index in [0.29, 0.717) is 12.1 Å². The molecule has 0 spiro atoms. The van der Waals surface area contributed by atoms with Gasteiger partial charge in [0.15, 0.2) is 17.4 Å². The Morgan fingerprint density at radius 1 is 1.19 bits per heavy atom. The third-order valence-corrected chi connectivity index (χ3v) is 2.67. The molecule has 0 amide bonds. The molecule has 2 aromatic carbocycles. The van der Waals surface area contributed by atoms with Gasteiger partial charge in [-0.15, -0.1) is 0 Å². The fourth-order valence-electron chi connectivity index (χ4n) is 1.67. The van der Waals surface area contributed by atoms with Crippen LogP contribution in [-0.2, 0) is 6.42 Å². The highest BCUT2D eigenvalue weighted by atomic mass is 19.1. The van der Waals surface area contributed by atoms with Gasteiger partial charge in [-0.25, -0.2) is 13.6 Å². The van der Waals surface area contributed by atoms with Crippen molar-refractivity contribution in [2.45, 2.75) is 6.42 Å². The summed E-state index contributed by atoms with van der Waals surface area (Å²) in [7, 11) is 0. The van der Waals surface area contributed by atoms with E-state index in [1.165, 1.54) is 12.1 Å². The lowest BCUT2D eigenvalue weighted by Gasteiger charge is -2.09. The number of hydrogen-bond acceptors (Lipinski definition) is 3. The van der Waals surface area contributed by atoms with Gasteiger partial charge in [-0.1, -0.05) is 12.1 Å². The molecule has 1 N–H and O–H groups in total. The molecular formula is C15H9F2NO3. The number of ether oxygens (including phenoxy) is 1. The van der Waals surface area contributed by atoms with Crippen molar-refractivity contribution in [1.82, 2.24) is 0 Å². The monoisotopic (exact) mass is 289 g/mol. The minimum atomic E-state index is -1.43. The van der Waals surface area contributed by atoms with Crippen LogP contribution in [0.2, 0.25) is 0 Å². The van der Waals surface area contributed by atoms with E-state index < -0.39 is 28.9 Å². The molecule has 0 saturated heterocycles. The van der Waals surface area contributed by atoms with Crippen LogP contribution < -0.4 is 4.74 Å². The van der Waals surface area contributed by atoms with Crippen molar-refractivity contribution in [2.24, 2.45) is 0 Å². The first-order valence-electron chi connectivity index (χ1n) is 5.87. The summed E-state index contributed by atoms with van der Waals surface area (Å²) in [5.41, 5.74) is 0.244. The van der Waals surface area contributed by atoms with E-state index >= 15 is 0 Å². The minimum Gasteiger partial charge on any atom is -0.478 e. The summed E-state index contributed by atoms with van der Waals surface area (Å²) in [6.45, 7) is 0. The topological polar surface area (TPSA) is 70.3 Å². The van der Waals surface area contributed by atoms with Gasteiger partial charge >= 0.3 is 5.97 Å². The molecule has 0 saturated carbocycles. The van der Waals surface area contributed by atoms with E-state index in [-0.39, 0.29) is 12.2 Å². The van der Waals surface area contributed by atoms with Crippen LogP contribution in [0.3, 0.4) is 0 Å². The molecule has 21 heavy (non-hydrogen) atoms. The molecule has 0 fully saturated rings. The van der Waals surface area contributed by atoms with E-state index in [4.69, 9.17) is 15.1 Å². The summed E-state index contributed by atoms with van der Waals surface area (Å²) in [6.07, 6.45) is 0.219. The second-order valence-electron chi connectivity index (χ2n) is 4.16. The van der Waals surface area contributed by atoms with Gasteiger partial charge in [0.25, 0.3) is 0 Å². The number of halogens is 2. The molecule has 0 atom stereocenters. The van der Waals surface area contributed by atoms with Crippen LogP contribution in [-0.4, -0.2) is 11.1 Å². The Hall–Kier alpha value is -2.94. The molecular weight excluding hydrogens is 280 g/mol. The van der Waals surface area contributed by atoms with Crippen molar-refractivity contribution in [3.05, 3.63) is 59.2 Å². The SMILES string of the molecule is N#CCc1ccc(Oc2c(F)cc(C(=O)O)cc2F)cc1. The lowest BCUT2D eigenvalue weighted by molar-refractivity contribution is 0.0695. The normalized spacial score (nSPS) is 9.95. The average Bonchev–Trinajstić information content (AvgIpc) is 2.44. The Balaban J connectivity index is 2.27. The summed E-state index contributed by atoms with van der Waals surface area (Å²) in [5, 5.41) is 17.2.